The maximum atomic E-state index is 12.7. The Morgan fingerprint density at radius 1 is 0.750 bits per heavy atom. The number of benzene rings is 3. The fourth-order valence-corrected chi connectivity index (χ4v) is 3.02. The highest BCUT2D eigenvalue weighted by Crippen LogP contribution is 2.21. The molecule has 3 aromatic rings. The van der Waals surface area contributed by atoms with Gasteiger partial charge in [0, 0.05) is 10.2 Å². The topological polar surface area (TPSA) is 95.5 Å². The molecule has 0 aromatic heterocycles. The van der Waals surface area contributed by atoms with E-state index in [0.717, 1.165) is 0 Å². The highest BCUT2D eigenvalue weighted by atomic mass is 79.9. The van der Waals surface area contributed by atoms with Gasteiger partial charge < -0.3 is 15.7 Å². The van der Waals surface area contributed by atoms with Crippen molar-refractivity contribution in [2.45, 2.75) is 0 Å². The van der Waals surface area contributed by atoms with Crippen molar-refractivity contribution in [2.75, 3.05) is 10.6 Å². The number of aromatic carboxylic acids is 1. The highest BCUT2D eigenvalue weighted by Gasteiger charge is 2.16. The van der Waals surface area contributed by atoms with E-state index in [4.69, 9.17) is 5.11 Å². The molecule has 3 N–H and O–H groups in total. The van der Waals surface area contributed by atoms with Crippen LogP contribution >= 0.6 is 15.9 Å². The zero-order chi connectivity index (χ0) is 20.1. The normalized spacial score (nSPS) is 10.2. The van der Waals surface area contributed by atoms with Crippen molar-refractivity contribution in [3.05, 3.63) is 94.0 Å². The molecule has 140 valence electrons. The van der Waals surface area contributed by atoms with E-state index in [2.05, 4.69) is 26.6 Å². The van der Waals surface area contributed by atoms with Crippen LogP contribution in [0, 0.1) is 0 Å². The van der Waals surface area contributed by atoms with Crippen LogP contribution in [0.3, 0.4) is 0 Å². The van der Waals surface area contributed by atoms with Crippen LogP contribution in [0.15, 0.2) is 77.3 Å². The number of carboxylic acids is 1. The quantitative estimate of drug-likeness (QED) is 0.539. The summed E-state index contributed by atoms with van der Waals surface area (Å²) < 4.78 is 0.639. The van der Waals surface area contributed by atoms with Crippen LogP contribution in [-0.2, 0) is 0 Å². The second-order valence-corrected chi connectivity index (χ2v) is 6.67. The van der Waals surface area contributed by atoms with E-state index >= 15 is 0 Å². The number of halogens is 1. The van der Waals surface area contributed by atoms with Crippen LogP contribution in [0.2, 0.25) is 0 Å². The molecule has 0 spiro atoms. The number of hydrogen-bond donors (Lipinski definition) is 3. The lowest BCUT2D eigenvalue weighted by molar-refractivity contribution is 0.0696. The first-order valence-electron chi connectivity index (χ1n) is 8.25. The van der Waals surface area contributed by atoms with Crippen molar-refractivity contribution in [1.29, 1.82) is 0 Å². The summed E-state index contributed by atoms with van der Waals surface area (Å²) in [5.41, 5.74) is 1.44. The lowest BCUT2D eigenvalue weighted by Gasteiger charge is -2.12. The smallest absolute Gasteiger partial charge is 0.335 e. The Balaban J connectivity index is 1.83. The Kier molecular flexibility index (Phi) is 5.86. The Bertz CT molecular complexity index is 1070. The third kappa shape index (κ3) is 4.44. The van der Waals surface area contributed by atoms with Gasteiger partial charge in [-0.3, -0.25) is 9.59 Å². The second kappa shape index (κ2) is 8.49. The number of amides is 2. The second-order valence-electron chi connectivity index (χ2n) is 5.82. The van der Waals surface area contributed by atoms with E-state index in [-0.39, 0.29) is 17.0 Å². The van der Waals surface area contributed by atoms with Gasteiger partial charge in [0.15, 0.2) is 0 Å². The summed E-state index contributed by atoms with van der Waals surface area (Å²) in [6.07, 6.45) is 0. The van der Waals surface area contributed by atoms with Crippen molar-refractivity contribution < 1.29 is 19.5 Å². The molecule has 3 rings (SSSR count). The standard InChI is InChI=1S/C21H15BrN2O4/c22-17-10-3-1-8-15(17)19(25)24-18-11-4-2-9-16(18)20(26)23-14-7-5-6-13(12-14)21(27)28/h1-12H,(H,23,26)(H,24,25)(H,27,28). The first-order valence-corrected chi connectivity index (χ1v) is 9.04. The van der Waals surface area contributed by atoms with Crippen molar-refractivity contribution in [2.24, 2.45) is 0 Å². The van der Waals surface area contributed by atoms with Gasteiger partial charge in [-0.2, -0.15) is 0 Å². The van der Waals surface area contributed by atoms with Gasteiger partial charge in [-0.05, 0) is 58.4 Å². The van der Waals surface area contributed by atoms with Crippen LogP contribution in [0.5, 0.6) is 0 Å². The summed E-state index contributed by atoms with van der Waals surface area (Å²) in [6, 6.07) is 19.5. The molecule has 0 atom stereocenters. The Morgan fingerprint density at radius 2 is 1.39 bits per heavy atom. The van der Waals surface area contributed by atoms with Crippen LogP contribution < -0.4 is 10.6 Å². The number of rotatable bonds is 5. The summed E-state index contributed by atoms with van der Waals surface area (Å²) >= 11 is 3.33. The first-order chi connectivity index (χ1) is 13.5. The predicted octanol–water partition coefficient (Wildman–Crippen LogP) is 4.65. The highest BCUT2D eigenvalue weighted by molar-refractivity contribution is 9.10. The Morgan fingerprint density at radius 3 is 2.11 bits per heavy atom. The molecule has 3 aromatic carbocycles. The van der Waals surface area contributed by atoms with Crippen molar-refractivity contribution in [3.63, 3.8) is 0 Å². The number of hydrogen-bond acceptors (Lipinski definition) is 3. The molecule has 28 heavy (non-hydrogen) atoms. The third-order valence-electron chi connectivity index (χ3n) is 3.91. The molecule has 0 heterocycles. The molecule has 0 bridgehead atoms. The third-order valence-corrected chi connectivity index (χ3v) is 4.60. The van der Waals surface area contributed by atoms with Crippen molar-refractivity contribution in [3.8, 4) is 0 Å². The van der Waals surface area contributed by atoms with Gasteiger partial charge >= 0.3 is 5.97 Å². The molecule has 0 unspecified atom stereocenters. The number of nitrogens with one attached hydrogen (secondary N) is 2. The molecule has 7 heteroatoms. The first kappa shape index (κ1) is 19.3. The van der Waals surface area contributed by atoms with E-state index < -0.39 is 11.9 Å². The Hall–Kier alpha value is -3.45. The molecular formula is C21H15BrN2O4. The maximum absolute atomic E-state index is 12.7. The van der Waals surface area contributed by atoms with Gasteiger partial charge in [0.05, 0.1) is 22.4 Å². The molecule has 0 aliphatic heterocycles. The molecule has 0 radical (unpaired) electrons. The van der Waals surface area contributed by atoms with E-state index in [0.29, 0.717) is 21.4 Å². The van der Waals surface area contributed by atoms with Gasteiger partial charge in [-0.15, -0.1) is 0 Å². The summed E-state index contributed by atoms with van der Waals surface area (Å²) in [6.45, 7) is 0. The summed E-state index contributed by atoms with van der Waals surface area (Å²) in [5.74, 6) is -1.91. The molecule has 0 aliphatic carbocycles. The van der Waals surface area contributed by atoms with Crippen LogP contribution in [-0.4, -0.2) is 22.9 Å². The van der Waals surface area contributed by atoms with E-state index in [9.17, 15) is 14.4 Å². The molecular weight excluding hydrogens is 424 g/mol. The van der Waals surface area contributed by atoms with E-state index in [1.807, 2.05) is 0 Å². The fourth-order valence-electron chi connectivity index (χ4n) is 2.55. The van der Waals surface area contributed by atoms with Gasteiger partial charge in [0.2, 0.25) is 0 Å². The molecule has 0 aliphatic rings. The monoisotopic (exact) mass is 438 g/mol. The molecule has 0 saturated heterocycles. The van der Waals surface area contributed by atoms with Crippen molar-refractivity contribution in [1.82, 2.24) is 0 Å². The van der Waals surface area contributed by atoms with Gasteiger partial charge in [-0.1, -0.05) is 30.3 Å². The fraction of sp³-hybridized carbons (Fsp3) is 0. The average molecular weight is 439 g/mol. The summed E-state index contributed by atoms with van der Waals surface area (Å²) in [7, 11) is 0. The van der Waals surface area contributed by atoms with E-state index in [1.165, 1.54) is 12.1 Å². The number of carbonyl (C=O) groups excluding carboxylic acids is 2. The molecule has 0 saturated carbocycles. The van der Waals surface area contributed by atoms with Crippen molar-refractivity contribution >= 4 is 45.1 Å². The molecule has 2 amide bonds. The van der Waals surface area contributed by atoms with Gasteiger partial charge in [0.25, 0.3) is 11.8 Å². The zero-order valence-corrected chi connectivity index (χ0v) is 16.1. The SMILES string of the molecule is O=C(O)c1cccc(NC(=O)c2ccccc2NC(=O)c2ccccc2Br)c1. The maximum Gasteiger partial charge on any atom is 0.335 e. The van der Waals surface area contributed by atoms with Gasteiger partial charge in [-0.25, -0.2) is 4.79 Å². The van der Waals surface area contributed by atoms with Crippen LogP contribution in [0.1, 0.15) is 31.1 Å². The molecule has 0 fully saturated rings. The number of para-hydroxylation sites is 1. The summed E-state index contributed by atoms with van der Waals surface area (Å²) in [4.78, 5) is 36.3. The minimum absolute atomic E-state index is 0.0633. The number of carbonyl (C=O) groups is 3. The van der Waals surface area contributed by atoms with E-state index in [1.54, 1.807) is 60.7 Å². The van der Waals surface area contributed by atoms with Crippen LogP contribution in [0.4, 0.5) is 11.4 Å². The molecule has 6 nitrogen and oxygen atoms in total. The minimum atomic E-state index is -1.09. The zero-order valence-electron chi connectivity index (χ0n) is 14.5. The summed E-state index contributed by atoms with van der Waals surface area (Å²) in [5, 5.41) is 14.5. The number of anilines is 2. The lowest BCUT2D eigenvalue weighted by atomic mass is 10.1. The predicted molar refractivity (Wildman–Crippen MR) is 110 cm³/mol. The Labute approximate surface area is 169 Å². The average Bonchev–Trinajstić information content (AvgIpc) is 2.68. The van der Waals surface area contributed by atoms with Crippen LogP contribution in [0.25, 0.3) is 0 Å². The lowest BCUT2D eigenvalue weighted by Crippen LogP contribution is -2.18. The van der Waals surface area contributed by atoms with Gasteiger partial charge in [0.1, 0.15) is 0 Å². The minimum Gasteiger partial charge on any atom is -0.478 e. The number of carboxylic acid groups (broad SMARTS) is 1. The largest absolute Gasteiger partial charge is 0.478 e.